The fourth-order valence-electron chi connectivity index (χ4n) is 0.930. The molecule has 0 aromatic heterocycles. The van der Waals surface area contributed by atoms with Crippen molar-refractivity contribution in [3.05, 3.63) is 34.3 Å². The lowest BCUT2D eigenvalue weighted by Crippen LogP contribution is -1.95. The van der Waals surface area contributed by atoms with Crippen LogP contribution in [0.5, 0.6) is 0 Å². The van der Waals surface area contributed by atoms with Gasteiger partial charge in [-0.2, -0.15) is 0 Å². The highest BCUT2D eigenvalue weighted by Crippen LogP contribution is 2.13. The molecule has 74 valence electrons. The Bertz CT molecular complexity index is 228. The van der Waals surface area contributed by atoms with E-state index in [4.69, 9.17) is 17.3 Å². The Kier molecular flexibility index (Phi) is 6.59. The Balaban J connectivity index is 0.000000424. The zero-order chi connectivity index (χ0) is 10.3. The summed E-state index contributed by atoms with van der Waals surface area (Å²) >= 11 is 5.77. The van der Waals surface area contributed by atoms with Gasteiger partial charge in [0.05, 0.1) is 0 Å². The van der Waals surface area contributed by atoms with E-state index in [1.165, 1.54) is 0 Å². The maximum absolute atomic E-state index is 5.77. The standard InChI is InChI=1S/C8H10ClN.C2H7N/c1-6-2-7(5-10)4-8(9)3-6;1-3-2/h2-4H,5,10H2,1H3;3H,1-2H3. The monoisotopic (exact) mass is 200 g/mol. The number of nitrogens with one attached hydrogen (secondary N) is 1. The summed E-state index contributed by atoms with van der Waals surface area (Å²) in [5.41, 5.74) is 7.68. The van der Waals surface area contributed by atoms with Gasteiger partial charge in [0, 0.05) is 11.6 Å². The van der Waals surface area contributed by atoms with Gasteiger partial charge < -0.3 is 11.1 Å². The Morgan fingerprint density at radius 2 is 1.85 bits per heavy atom. The van der Waals surface area contributed by atoms with E-state index in [1.54, 1.807) is 0 Å². The van der Waals surface area contributed by atoms with Gasteiger partial charge in [0.2, 0.25) is 0 Å². The molecule has 0 aliphatic rings. The minimum atomic E-state index is 0.557. The van der Waals surface area contributed by atoms with Gasteiger partial charge in [-0.1, -0.05) is 17.7 Å². The van der Waals surface area contributed by atoms with Gasteiger partial charge in [0.25, 0.3) is 0 Å². The van der Waals surface area contributed by atoms with Crippen molar-refractivity contribution in [1.82, 2.24) is 5.32 Å². The van der Waals surface area contributed by atoms with E-state index in [-0.39, 0.29) is 0 Å². The summed E-state index contributed by atoms with van der Waals surface area (Å²) in [4.78, 5) is 0. The Morgan fingerprint density at radius 3 is 2.23 bits per heavy atom. The molecule has 3 N–H and O–H groups in total. The lowest BCUT2D eigenvalue weighted by atomic mass is 10.1. The van der Waals surface area contributed by atoms with Crippen molar-refractivity contribution in [3.63, 3.8) is 0 Å². The average molecular weight is 201 g/mol. The van der Waals surface area contributed by atoms with Gasteiger partial charge in [-0.15, -0.1) is 0 Å². The summed E-state index contributed by atoms with van der Waals surface area (Å²) in [6, 6.07) is 5.83. The normalized spacial score (nSPS) is 9.00. The molecule has 0 saturated heterocycles. The Labute approximate surface area is 85.1 Å². The molecular formula is C10H17ClN2. The van der Waals surface area contributed by atoms with Crippen LogP contribution in [0.1, 0.15) is 11.1 Å². The summed E-state index contributed by atoms with van der Waals surface area (Å²) in [6.45, 7) is 2.56. The maximum atomic E-state index is 5.77. The fourth-order valence-corrected chi connectivity index (χ4v) is 1.24. The van der Waals surface area contributed by atoms with Crippen LogP contribution in [0.3, 0.4) is 0 Å². The second-order valence-corrected chi connectivity index (χ2v) is 3.28. The number of rotatable bonds is 1. The average Bonchev–Trinajstić information content (AvgIpc) is 2.04. The van der Waals surface area contributed by atoms with Crippen LogP contribution in [-0.2, 0) is 6.54 Å². The first kappa shape index (κ1) is 12.4. The molecular weight excluding hydrogens is 184 g/mol. The van der Waals surface area contributed by atoms with Gasteiger partial charge in [0.1, 0.15) is 0 Å². The van der Waals surface area contributed by atoms with Crippen molar-refractivity contribution in [2.24, 2.45) is 5.73 Å². The van der Waals surface area contributed by atoms with Crippen molar-refractivity contribution in [3.8, 4) is 0 Å². The minimum Gasteiger partial charge on any atom is -0.326 e. The van der Waals surface area contributed by atoms with E-state index in [9.17, 15) is 0 Å². The predicted octanol–water partition coefficient (Wildman–Crippen LogP) is 1.94. The van der Waals surface area contributed by atoms with Crippen LogP contribution >= 0.6 is 11.6 Å². The number of aryl methyl sites for hydroxylation is 1. The van der Waals surface area contributed by atoms with Crippen molar-refractivity contribution >= 4 is 11.6 Å². The van der Waals surface area contributed by atoms with Crippen LogP contribution < -0.4 is 11.1 Å². The van der Waals surface area contributed by atoms with Crippen molar-refractivity contribution in [1.29, 1.82) is 0 Å². The van der Waals surface area contributed by atoms with Gasteiger partial charge in [-0.3, -0.25) is 0 Å². The molecule has 13 heavy (non-hydrogen) atoms. The molecule has 0 radical (unpaired) electrons. The predicted molar refractivity (Wildman–Crippen MR) is 59.1 cm³/mol. The van der Waals surface area contributed by atoms with E-state index in [0.29, 0.717) is 6.54 Å². The highest BCUT2D eigenvalue weighted by Gasteiger charge is 1.92. The third-order valence-electron chi connectivity index (χ3n) is 1.34. The van der Waals surface area contributed by atoms with E-state index < -0.39 is 0 Å². The van der Waals surface area contributed by atoms with Crippen LogP contribution in [0.2, 0.25) is 5.02 Å². The molecule has 3 heteroatoms. The molecule has 2 nitrogen and oxygen atoms in total. The summed E-state index contributed by atoms with van der Waals surface area (Å²) < 4.78 is 0. The maximum Gasteiger partial charge on any atom is 0.0411 e. The molecule has 0 spiro atoms. The molecule has 1 rings (SSSR count). The van der Waals surface area contributed by atoms with Crippen molar-refractivity contribution in [2.45, 2.75) is 13.5 Å². The molecule has 0 aliphatic carbocycles. The van der Waals surface area contributed by atoms with Crippen LogP contribution in [0, 0.1) is 6.92 Å². The number of halogens is 1. The molecule has 0 heterocycles. The quantitative estimate of drug-likeness (QED) is 0.727. The molecule has 0 amide bonds. The minimum absolute atomic E-state index is 0.557. The molecule has 0 bridgehead atoms. The first-order valence-electron chi connectivity index (χ1n) is 4.18. The Hall–Kier alpha value is -0.570. The Morgan fingerprint density at radius 1 is 1.31 bits per heavy atom. The van der Waals surface area contributed by atoms with E-state index in [0.717, 1.165) is 16.1 Å². The van der Waals surface area contributed by atoms with Gasteiger partial charge in [-0.05, 0) is 44.3 Å². The summed E-state index contributed by atoms with van der Waals surface area (Å²) in [6.07, 6.45) is 0. The molecule has 0 unspecified atom stereocenters. The van der Waals surface area contributed by atoms with Crippen molar-refractivity contribution in [2.75, 3.05) is 14.1 Å². The molecule has 0 saturated carbocycles. The highest BCUT2D eigenvalue weighted by molar-refractivity contribution is 6.30. The SMILES string of the molecule is CNC.Cc1cc(Cl)cc(CN)c1. The zero-order valence-electron chi connectivity index (χ0n) is 8.39. The molecule has 0 fully saturated rings. The number of nitrogens with two attached hydrogens (primary N) is 1. The van der Waals surface area contributed by atoms with Gasteiger partial charge in [0.15, 0.2) is 0 Å². The van der Waals surface area contributed by atoms with E-state index in [2.05, 4.69) is 5.32 Å². The smallest absolute Gasteiger partial charge is 0.0411 e. The second kappa shape index (κ2) is 6.89. The lowest BCUT2D eigenvalue weighted by molar-refractivity contribution is 1.02. The van der Waals surface area contributed by atoms with Crippen LogP contribution in [-0.4, -0.2) is 14.1 Å². The van der Waals surface area contributed by atoms with Gasteiger partial charge >= 0.3 is 0 Å². The first-order valence-corrected chi connectivity index (χ1v) is 4.56. The molecule has 1 aromatic carbocycles. The summed E-state index contributed by atoms with van der Waals surface area (Å²) in [7, 11) is 3.75. The van der Waals surface area contributed by atoms with E-state index in [1.807, 2.05) is 39.2 Å². The summed E-state index contributed by atoms with van der Waals surface area (Å²) in [5, 5.41) is 3.51. The number of benzene rings is 1. The number of hydrogen-bond donors (Lipinski definition) is 2. The van der Waals surface area contributed by atoms with Crippen molar-refractivity contribution < 1.29 is 0 Å². The molecule has 0 atom stereocenters. The lowest BCUT2D eigenvalue weighted by Gasteiger charge is -1.98. The summed E-state index contributed by atoms with van der Waals surface area (Å²) in [5.74, 6) is 0. The zero-order valence-corrected chi connectivity index (χ0v) is 9.15. The number of hydrogen-bond acceptors (Lipinski definition) is 2. The third kappa shape index (κ3) is 5.64. The second-order valence-electron chi connectivity index (χ2n) is 2.84. The van der Waals surface area contributed by atoms with Crippen LogP contribution in [0.15, 0.2) is 18.2 Å². The van der Waals surface area contributed by atoms with Crippen LogP contribution in [0.4, 0.5) is 0 Å². The molecule has 1 aromatic rings. The molecule has 0 aliphatic heterocycles. The first-order chi connectivity index (χ1) is 6.13. The van der Waals surface area contributed by atoms with Crippen LogP contribution in [0.25, 0.3) is 0 Å². The fraction of sp³-hybridized carbons (Fsp3) is 0.400. The largest absolute Gasteiger partial charge is 0.326 e. The topological polar surface area (TPSA) is 38.0 Å². The van der Waals surface area contributed by atoms with Gasteiger partial charge in [-0.25, -0.2) is 0 Å². The third-order valence-corrected chi connectivity index (χ3v) is 1.56. The highest BCUT2D eigenvalue weighted by atomic mass is 35.5. The van der Waals surface area contributed by atoms with E-state index >= 15 is 0 Å².